The highest BCUT2D eigenvalue weighted by Gasteiger charge is 2.16. The molecule has 166 valence electrons. The van der Waals surface area contributed by atoms with Crippen LogP contribution in [0.25, 0.3) is 56.0 Å². The van der Waals surface area contributed by atoms with Gasteiger partial charge in [0, 0.05) is 47.8 Å². The van der Waals surface area contributed by atoms with Crippen molar-refractivity contribution in [3.63, 3.8) is 0 Å². The van der Waals surface area contributed by atoms with Gasteiger partial charge < -0.3 is 10.3 Å². The SMILES string of the molecule is CCNCc1cncc(-c2ccc3[nH]nc(-c4cc5c(-c6ccccn6)ccnc5[nH]4)c3n2)c1. The van der Waals surface area contributed by atoms with E-state index in [0.29, 0.717) is 0 Å². The summed E-state index contributed by atoms with van der Waals surface area (Å²) in [6.07, 6.45) is 7.31. The Kier molecular flexibility index (Phi) is 5.04. The van der Waals surface area contributed by atoms with E-state index in [0.717, 1.165) is 74.6 Å². The van der Waals surface area contributed by atoms with Crippen LogP contribution in [0.15, 0.2) is 73.3 Å². The van der Waals surface area contributed by atoms with Crippen LogP contribution in [-0.2, 0) is 6.54 Å². The molecule has 0 bridgehead atoms. The summed E-state index contributed by atoms with van der Waals surface area (Å²) in [6.45, 7) is 3.78. The molecule has 8 heteroatoms. The van der Waals surface area contributed by atoms with Gasteiger partial charge in [0.2, 0.25) is 0 Å². The van der Waals surface area contributed by atoms with Crippen LogP contribution in [0, 0.1) is 0 Å². The van der Waals surface area contributed by atoms with E-state index in [1.165, 1.54) is 0 Å². The Labute approximate surface area is 195 Å². The van der Waals surface area contributed by atoms with Gasteiger partial charge in [-0.3, -0.25) is 15.1 Å². The fraction of sp³-hybridized carbons (Fsp3) is 0.115. The third-order valence-electron chi connectivity index (χ3n) is 5.81. The molecule has 0 unspecified atom stereocenters. The molecule has 0 saturated heterocycles. The Balaban J connectivity index is 1.44. The Morgan fingerprint density at radius 1 is 0.941 bits per heavy atom. The number of rotatable bonds is 6. The molecule has 8 nitrogen and oxygen atoms in total. The summed E-state index contributed by atoms with van der Waals surface area (Å²) < 4.78 is 0. The Bertz CT molecular complexity index is 1600. The quantitative estimate of drug-likeness (QED) is 0.341. The van der Waals surface area contributed by atoms with Gasteiger partial charge in [-0.05, 0) is 54.6 Å². The maximum Gasteiger partial charge on any atom is 0.138 e. The van der Waals surface area contributed by atoms with E-state index in [4.69, 9.17) is 4.98 Å². The van der Waals surface area contributed by atoms with E-state index in [9.17, 15) is 0 Å². The van der Waals surface area contributed by atoms with Crippen LogP contribution in [0.2, 0.25) is 0 Å². The van der Waals surface area contributed by atoms with Crippen molar-refractivity contribution in [3.05, 3.63) is 78.9 Å². The molecule has 6 aromatic rings. The highest BCUT2D eigenvalue weighted by molar-refractivity contribution is 5.98. The van der Waals surface area contributed by atoms with E-state index < -0.39 is 0 Å². The molecular formula is C26H22N8. The smallest absolute Gasteiger partial charge is 0.138 e. The van der Waals surface area contributed by atoms with Crippen LogP contribution >= 0.6 is 0 Å². The summed E-state index contributed by atoms with van der Waals surface area (Å²) in [5.41, 5.74) is 8.91. The summed E-state index contributed by atoms with van der Waals surface area (Å²) in [5, 5.41) is 12.0. The van der Waals surface area contributed by atoms with Crippen molar-refractivity contribution >= 4 is 22.1 Å². The molecule has 0 aliphatic rings. The molecule has 0 spiro atoms. The summed E-state index contributed by atoms with van der Waals surface area (Å²) in [6, 6.07) is 16.1. The number of hydrogen-bond acceptors (Lipinski definition) is 6. The zero-order valence-electron chi connectivity index (χ0n) is 18.6. The first kappa shape index (κ1) is 20.2. The van der Waals surface area contributed by atoms with Crippen molar-refractivity contribution in [2.75, 3.05) is 6.54 Å². The number of aromatic nitrogens is 7. The van der Waals surface area contributed by atoms with Crippen LogP contribution in [0.1, 0.15) is 12.5 Å². The van der Waals surface area contributed by atoms with Crippen molar-refractivity contribution in [2.45, 2.75) is 13.5 Å². The van der Waals surface area contributed by atoms with Crippen LogP contribution in [0.3, 0.4) is 0 Å². The lowest BCUT2D eigenvalue weighted by Gasteiger charge is -2.05. The highest BCUT2D eigenvalue weighted by atomic mass is 15.1. The molecule has 0 aromatic carbocycles. The van der Waals surface area contributed by atoms with Crippen LogP contribution in [0.5, 0.6) is 0 Å². The normalized spacial score (nSPS) is 11.4. The minimum atomic E-state index is 0.749. The fourth-order valence-electron chi connectivity index (χ4n) is 4.14. The van der Waals surface area contributed by atoms with Crippen molar-refractivity contribution < 1.29 is 0 Å². The first-order valence-corrected chi connectivity index (χ1v) is 11.2. The number of hydrogen-bond donors (Lipinski definition) is 3. The molecule has 0 fully saturated rings. The van der Waals surface area contributed by atoms with Gasteiger partial charge in [-0.15, -0.1) is 0 Å². The van der Waals surface area contributed by atoms with Gasteiger partial charge in [0.1, 0.15) is 16.9 Å². The van der Waals surface area contributed by atoms with E-state index in [-0.39, 0.29) is 0 Å². The average molecular weight is 447 g/mol. The van der Waals surface area contributed by atoms with Gasteiger partial charge >= 0.3 is 0 Å². The average Bonchev–Trinajstić information content (AvgIpc) is 3.51. The number of fused-ring (bicyclic) bond motifs is 2. The monoisotopic (exact) mass is 446 g/mol. The Hall–Kier alpha value is -4.43. The van der Waals surface area contributed by atoms with E-state index in [1.807, 2.05) is 48.8 Å². The molecule has 3 N–H and O–H groups in total. The van der Waals surface area contributed by atoms with Crippen LogP contribution < -0.4 is 5.32 Å². The predicted molar refractivity (Wildman–Crippen MR) is 133 cm³/mol. The number of H-pyrrole nitrogens is 2. The lowest BCUT2D eigenvalue weighted by Crippen LogP contribution is -2.11. The molecule has 0 saturated carbocycles. The number of pyridine rings is 4. The molecule has 6 heterocycles. The summed E-state index contributed by atoms with van der Waals surface area (Å²) in [5.74, 6) is 0. The summed E-state index contributed by atoms with van der Waals surface area (Å²) >= 11 is 0. The molecule has 0 amide bonds. The maximum atomic E-state index is 4.95. The first-order valence-electron chi connectivity index (χ1n) is 11.2. The lowest BCUT2D eigenvalue weighted by molar-refractivity contribution is 0.724. The maximum absolute atomic E-state index is 4.95. The zero-order valence-corrected chi connectivity index (χ0v) is 18.6. The molecule has 0 atom stereocenters. The molecular weight excluding hydrogens is 424 g/mol. The summed E-state index contributed by atoms with van der Waals surface area (Å²) in [7, 11) is 0. The van der Waals surface area contributed by atoms with Gasteiger partial charge in [-0.1, -0.05) is 13.0 Å². The zero-order chi connectivity index (χ0) is 22.9. The topological polar surface area (TPSA) is 108 Å². The van der Waals surface area contributed by atoms with Gasteiger partial charge in [0.15, 0.2) is 0 Å². The number of aromatic amines is 2. The van der Waals surface area contributed by atoms with Gasteiger partial charge in [-0.2, -0.15) is 5.10 Å². The lowest BCUT2D eigenvalue weighted by atomic mass is 10.1. The number of nitrogens with one attached hydrogen (secondary N) is 3. The van der Waals surface area contributed by atoms with E-state index in [1.54, 1.807) is 12.4 Å². The summed E-state index contributed by atoms with van der Waals surface area (Å²) in [4.78, 5) is 21.8. The molecule has 6 aromatic heterocycles. The molecule has 0 radical (unpaired) electrons. The second kappa shape index (κ2) is 8.49. The fourth-order valence-corrected chi connectivity index (χ4v) is 4.14. The highest BCUT2D eigenvalue weighted by Crippen LogP contribution is 2.32. The predicted octanol–water partition coefficient (Wildman–Crippen LogP) is 4.73. The van der Waals surface area contributed by atoms with E-state index >= 15 is 0 Å². The molecule has 0 aliphatic heterocycles. The Morgan fingerprint density at radius 2 is 1.91 bits per heavy atom. The van der Waals surface area contributed by atoms with Gasteiger partial charge in [0.25, 0.3) is 0 Å². The second-order valence-corrected chi connectivity index (χ2v) is 8.05. The van der Waals surface area contributed by atoms with Crippen LogP contribution in [0.4, 0.5) is 0 Å². The molecule has 6 rings (SSSR count). The van der Waals surface area contributed by atoms with E-state index in [2.05, 4.69) is 54.5 Å². The number of nitrogens with zero attached hydrogens (tertiary/aromatic N) is 5. The molecule has 34 heavy (non-hydrogen) atoms. The standard InChI is InChI=1S/C26H22N8/c1-2-27-13-16-11-17(15-28-14-16)20-6-7-22-24(31-20)25(34-33-22)23-12-19-18(8-10-30-26(19)32-23)21-5-3-4-9-29-21/h3-12,14-15,27H,2,13H2,1H3,(H,30,32)(H,33,34). The Morgan fingerprint density at radius 3 is 2.79 bits per heavy atom. The van der Waals surface area contributed by atoms with Gasteiger partial charge in [-0.25, -0.2) is 9.97 Å². The largest absolute Gasteiger partial charge is 0.338 e. The second-order valence-electron chi connectivity index (χ2n) is 8.05. The van der Waals surface area contributed by atoms with Crippen molar-refractivity contribution in [1.29, 1.82) is 0 Å². The van der Waals surface area contributed by atoms with Gasteiger partial charge in [0.05, 0.1) is 22.6 Å². The minimum absolute atomic E-state index is 0.749. The third kappa shape index (κ3) is 3.60. The van der Waals surface area contributed by atoms with Crippen molar-refractivity contribution in [2.24, 2.45) is 0 Å². The first-order chi connectivity index (χ1) is 16.8. The molecule has 0 aliphatic carbocycles. The van der Waals surface area contributed by atoms with Crippen molar-refractivity contribution in [1.82, 2.24) is 40.4 Å². The minimum Gasteiger partial charge on any atom is -0.338 e. The third-order valence-corrected chi connectivity index (χ3v) is 5.81. The van der Waals surface area contributed by atoms with Crippen LogP contribution in [-0.4, -0.2) is 41.7 Å². The van der Waals surface area contributed by atoms with Crippen molar-refractivity contribution in [3.8, 4) is 33.9 Å².